The number of rotatable bonds is 5. The molecule has 0 aliphatic heterocycles. The molecule has 2 aromatic rings. The SMILES string of the molecule is COc1n[nH]c(NC(=O)COc2cc(C)on2)n1. The van der Waals surface area contributed by atoms with Gasteiger partial charge in [0.05, 0.1) is 7.11 Å². The molecule has 2 rings (SSSR count). The molecular formula is C9H11N5O4. The second kappa shape index (κ2) is 5.17. The zero-order valence-corrected chi connectivity index (χ0v) is 9.76. The van der Waals surface area contributed by atoms with Crippen LogP contribution in [0.15, 0.2) is 10.6 Å². The number of hydrogen-bond acceptors (Lipinski definition) is 7. The topological polar surface area (TPSA) is 115 Å². The molecule has 0 aliphatic carbocycles. The van der Waals surface area contributed by atoms with Crippen LogP contribution in [0.3, 0.4) is 0 Å². The van der Waals surface area contributed by atoms with E-state index in [4.69, 9.17) is 14.0 Å². The summed E-state index contributed by atoms with van der Waals surface area (Å²) in [5, 5.41) is 12.2. The van der Waals surface area contributed by atoms with Gasteiger partial charge in [-0.05, 0) is 12.1 Å². The van der Waals surface area contributed by atoms with Crippen molar-refractivity contribution in [3.8, 4) is 11.9 Å². The summed E-state index contributed by atoms with van der Waals surface area (Å²) >= 11 is 0. The van der Waals surface area contributed by atoms with E-state index < -0.39 is 5.91 Å². The van der Waals surface area contributed by atoms with Gasteiger partial charge in [-0.3, -0.25) is 10.1 Å². The summed E-state index contributed by atoms with van der Waals surface area (Å²) in [7, 11) is 1.42. The quantitative estimate of drug-likeness (QED) is 0.777. The monoisotopic (exact) mass is 253 g/mol. The van der Waals surface area contributed by atoms with Crippen molar-refractivity contribution < 1.29 is 18.8 Å². The van der Waals surface area contributed by atoms with Crippen LogP contribution in [0.25, 0.3) is 0 Å². The van der Waals surface area contributed by atoms with Crippen LogP contribution in [-0.4, -0.2) is 40.0 Å². The molecule has 2 aromatic heterocycles. The standard InChI is InChI=1S/C9H11N5O4/c1-5-3-7(14-18-5)17-4-6(15)10-8-11-9(16-2)13-12-8/h3H,4H2,1-2H3,(H2,10,11,12,13,15). The van der Waals surface area contributed by atoms with Crippen LogP contribution in [0.5, 0.6) is 11.9 Å². The van der Waals surface area contributed by atoms with Crippen molar-refractivity contribution in [1.29, 1.82) is 0 Å². The summed E-state index contributed by atoms with van der Waals surface area (Å²) in [6.07, 6.45) is 0. The fourth-order valence-electron chi connectivity index (χ4n) is 1.11. The van der Waals surface area contributed by atoms with Crippen molar-refractivity contribution in [3.05, 3.63) is 11.8 Å². The average Bonchev–Trinajstić information content (AvgIpc) is 2.95. The zero-order chi connectivity index (χ0) is 13.0. The van der Waals surface area contributed by atoms with E-state index in [1.807, 2.05) is 0 Å². The van der Waals surface area contributed by atoms with Gasteiger partial charge in [-0.25, -0.2) is 5.10 Å². The summed E-state index contributed by atoms with van der Waals surface area (Å²) in [4.78, 5) is 15.3. The van der Waals surface area contributed by atoms with E-state index >= 15 is 0 Å². The smallest absolute Gasteiger partial charge is 0.336 e. The number of methoxy groups -OCH3 is 1. The predicted molar refractivity (Wildman–Crippen MR) is 58.3 cm³/mol. The van der Waals surface area contributed by atoms with Crippen LogP contribution in [0.2, 0.25) is 0 Å². The molecule has 0 unspecified atom stereocenters. The molecule has 0 saturated heterocycles. The average molecular weight is 253 g/mol. The molecule has 0 bridgehead atoms. The van der Waals surface area contributed by atoms with E-state index in [-0.39, 0.29) is 24.4 Å². The Bertz CT molecular complexity index is 535. The summed E-state index contributed by atoms with van der Waals surface area (Å²) in [6, 6.07) is 1.71. The van der Waals surface area contributed by atoms with E-state index in [9.17, 15) is 4.79 Å². The minimum absolute atomic E-state index is 0.137. The molecular weight excluding hydrogens is 242 g/mol. The predicted octanol–water partition coefficient (Wildman–Crippen LogP) is 0.127. The molecule has 2 heterocycles. The van der Waals surface area contributed by atoms with Crippen LogP contribution in [0, 0.1) is 6.92 Å². The van der Waals surface area contributed by atoms with E-state index in [0.717, 1.165) is 0 Å². The summed E-state index contributed by atoms with van der Waals surface area (Å²) in [5.74, 6) is 0.620. The summed E-state index contributed by atoms with van der Waals surface area (Å²) in [5.41, 5.74) is 0. The van der Waals surface area contributed by atoms with Gasteiger partial charge in [-0.15, -0.1) is 5.10 Å². The van der Waals surface area contributed by atoms with Crippen molar-refractivity contribution in [3.63, 3.8) is 0 Å². The van der Waals surface area contributed by atoms with Crippen LogP contribution in [0.4, 0.5) is 5.95 Å². The van der Waals surface area contributed by atoms with Crippen molar-refractivity contribution in [2.45, 2.75) is 6.92 Å². The Labute approximate surface area is 101 Å². The Morgan fingerprint density at radius 2 is 2.44 bits per heavy atom. The van der Waals surface area contributed by atoms with Gasteiger partial charge >= 0.3 is 6.01 Å². The lowest BCUT2D eigenvalue weighted by molar-refractivity contribution is -0.118. The number of carbonyl (C=O) groups is 1. The molecule has 18 heavy (non-hydrogen) atoms. The molecule has 0 atom stereocenters. The van der Waals surface area contributed by atoms with Crippen LogP contribution in [0.1, 0.15) is 5.76 Å². The largest absolute Gasteiger partial charge is 0.466 e. The van der Waals surface area contributed by atoms with E-state index in [1.165, 1.54) is 7.11 Å². The molecule has 0 fully saturated rings. The number of H-pyrrole nitrogens is 1. The van der Waals surface area contributed by atoms with Gasteiger partial charge in [0.15, 0.2) is 6.61 Å². The lowest BCUT2D eigenvalue weighted by Crippen LogP contribution is -2.20. The van der Waals surface area contributed by atoms with Gasteiger partial charge in [0.1, 0.15) is 5.76 Å². The molecule has 0 aliphatic rings. The first-order chi connectivity index (χ1) is 8.67. The van der Waals surface area contributed by atoms with Gasteiger partial charge in [0, 0.05) is 6.07 Å². The maximum Gasteiger partial charge on any atom is 0.336 e. The molecule has 9 heteroatoms. The van der Waals surface area contributed by atoms with Crippen molar-refractivity contribution in [2.75, 3.05) is 19.0 Å². The van der Waals surface area contributed by atoms with Crippen molar-refractivity contribution in [1.82, 2.24) is 20.3 Å². The summed E-state index contributed by atoms with van der Waals surface area (Å²) in [6.45, 7) is 1.51. The maximum absolute atomic E-state index is 11.5. The molecule has 1 amide bonds. The highest BCUT2D eigenvalue weighted by atomic mass is 16.5. The fourth-order valence-corrected chi connectivity index (χ4v) is 1.11. The summed E-state index contributed by atoms with van der Waals surface area (Å²) < 4.78 is 14.6. The number of aryl methyl sites for hydroxylation is 1. The van der Waals surface area contributed by atoms with Gasteiger partial charge < -0.3 is 14.0 Å². The lowest BCUT2D eigenvalue weighted by atomic mass is 10.5. The van der Waals surface area contributed by atoms with Gasteiger partial charge in [0.25, 0.3) is 11.8 Å². The van der Waals surface area contributed by atoms with Crippen molar-refractivity contribution >= 4 is 11.9 Å². The highest BCUT2D eigenvalue weighted by molar-refractivity contribution is 5.90. The zero-order valence-electron chi connectivity index (χ0n) is 9.76. The number of aromatic nitrogens is 4. The minimum Gasteiger partial charge on any atom is -0.466 e. The Morgan fingerprint density at radius 1 is 1.61 bits per heavy atom. The number of nitrogens with one attached hydrogen (secondary N) is 2. The third-order valence-corrected chi connectivity index (χ3v) is 1.86. The molecule has 0 saturated carbocycles. The molecule has 0 spiro atoms. The van der Waals surface area contributed by atoms with Gasteiger partial charge in [0.2, 0.25) is 5.95 Å². The molecule has 0 aromatic carbocycles. The number of anilines is 1. The number of carbonyl (C=O) groups excluding carboxylic acids is 1. The maximum atomic E-state index is 11.5. The first-order valence-corrected chi connectivity index (χ1v) is 4.99. The normalized spacial score (nSPS) is 10.1. The first kappa shape index (κ1) is 11.9. The van der Waals surface area contributed by atoms with E-state index in [2.05, 4.69) is 25.7 Å². The Morgan fingerprint density at radius 3 is 3.06 bits per heavy atom. The highest BCUT2D eigenvalue weighted by Crippen LogP contribution is 2.09. The van der Waals surface area contributed by atoms with Gasteiger partial charge in [-0.1, -0.05) is 0 Å². The second-order valence-electron chi connectivity index (χ2n) is 3.28. The Hall–Kier alpha value is -2.58. The van der Waals surface area contributed by atoms with Crippen LogP contribution >= 0.6 is 0 Å². The minimum atomic E-state index is -0.408. The number of ether oxygens (including phenoxy) is 2. The number of hydrogen-bond donors (Lipinski definition) is 2. The van der Waals surface area contributed by atoms with Crippen LogP contribution in [-0.2, 0) is 4.79 Å². The highest BCUT2D eigenvalue weighted by Gasteiger charge is 2.09. The van der Waals surface area contributed by atoms with Gasteiger partial charge in [-0.2, -0.15) is 4.98 Å². The number of amides is 1. The number of nitrogens with zero attached hydrogens (tertiary/aromatic N) is 3. The molecule has 9 nitrogen and oxygen atoms in total. The number of aromatic amines is 1. The second-order valence-corrected chi connectivity index (χ2v) is 3.28. The Balaban J connectivity index is 1.81. The van der Waals surface area contributed by atoms with E-state index in [0.29, 0.717) is 5.76 Å². The van der Waals surface area contributed by atoms with E-state index in [1.54, 1.807) is 13.0 Å². The Kier molecular flexibility index (Phi) is 3.41. The third-order valence-electron chi connectivity index (χ3n) is 1.86. The molecule has 0 radical (unpaired) electrons. The first-order valence-electron chi connectivity index (χ1n) is 4.99. The molecule has 96 valence electrons. The third kappa shape index (κ3) is 2.97. The van der Waals surface area contributed by atoms with Crippen LogP contribution < -0.4 is 14.8 Å². The lowest BCUT2D eigenvalue weighted by Gasteiger charge is -2.01. The fraction of sp³-hybridized carbons (Fsp3) is 0.333. The molecule has 2 N–H and O–H groups in total. The van der Waals surface area contributed by atoms with Crippen molar-refractivity contribution in [2.24, 2.45) is 0 Å².